The van der Waals surface area contributed by atoms with E-state index in [0.29, 0.717) is 0 Å². The Bertz CT molecular complexity index is 3090. The Labute approximate surface area is 316 Å². The van der Waals surface area contributed by atoms with Crippen LogP contribution >= 0.6 is 0 Å². The molecule has 0 spiro atoms. The Hall–Kier alpha value is -6.12. The Kier molecular flexibility index (Phi) is 7.04. The minimum atomic E-state index is -0.0223. The molecule has 2 nitrogen and oxygen atoms in total. The summed E-state index contributed by atoms with van der Waals surface area (Å²) in [5.74, 6) is 0. The molecule has 0 fully saturated rings. The van der Waals surface area contributed by atoms with Crippen LogP contribution in [0, 0.1) is 0 Å². The summed E-state index contributed by atoms with van der Waals surface area (Å²) in [6.07, 6.45) is 0. The molecule has 0 aliphatic rings. The first kappa shape index (κ1) is 32.5. The predicted molar refractivity (Wildman–Crippen MR) is 233 cm³/mol. The SMILES string of the molecule is CC(C)(C)c1ccc2c(c1)c1c3ccccc3c(-c3ccc4c(c3)c3cc(C(C)(C)C)c5ccccc5c3n4-c3ccccc3)cc1n2-c1ccccc1. The van der Waals surface area contributed by atoms with Crippen molar-refractivity contribution in [2.75, 3.05) is 0 Å². The molecule has 2 heterocycles. The molecule has 0 N–H and O–H groups in total. The third-order valence-corrected chi connectivity index (χ3v) is 11.6. The van der Waals surface area contributed by atoms with Crippen LogP contribution in [0.2, 0.25) is 0 Å². The monoisotopic (exact) mass is 696 g/mol. The van der Waals surface area contributed by atoms with Gasteiger partial charge in [-0.1, -0.05) is 139 Å². The highest BCUT2D eigenvalue weighted by molar-refractivity contribution is 6.25. The summed E-state index contributed by atoms with van der Waals surface area (Å²) in [5.41, 5.74) is 12.5. The molecular weight excluding hydrogens is 653 g/mol. The zero-order chi connectivity index (χ0) is 36.9. The van der Waals surface area contributed by atoms with Crippen LogP contribution in [0.3, 0.4) is 0 Å². The molecule has 0 aliphatic heterocycles. The van der Waals surface area contributed by atoms with Gasteiger partial charge in [-0.3, -0.25) is 0 Å². The Morgan fingerprint density at radius 2 is 0.944 bits per heavy atom. The number of nitrogens with zero attached hydrogens (tertiary/aromatic N) is 2. The second-order valence-corrected chi connectivity index (χ2v) is 17.0. The lowest BCUT2D eigenvalue weighted by atomic mass is 9.82. The molecule has 2 heteroatoms. The van der Waals surface area contributed by atoms with Crippen LogP contribution in [0.1, 0.15) is 52.7 Å². The van der Waals surface area contributed by atoms with Crippen molar-refractivity contribution in [3.63, 3.8) is 0 Å². The zero-order valence-electron chi connectivity index (χ0n) is 31.9. The largest absolute Gasteiger partial charge is 0.309 e. The summed E-state index contributed by atoms with van der Waals surface area (Å²) < 4.78 is 4.94. The zero-order valence-corrected chi connectivity index (χ0v) is 31.9. The standard InChI is InChI=1S/C52H44N2/c1-51(2,3)34-26-28-47-44(30-34)49-39-23-15-13-21-37(39)41(32-48(49)53(47)35-17-9-7-10-18-35)33-25-27-46-42(29-33)43-31-45(52(4,5)6)38-22-14-16-24-40(38)50(43)54(46)36-19-11-8-12-20-36/h7-32H,1-6H3. The van der Waals surface area contributed by atoms with Crippen molar-refractivity contribution < 1.29 is 0 Å². The lowest BCUT2D eigenvalue weighted by Crippen LogP contribution is -2.11. The number of para-hydroxylation sites is 2. The first-order valence-electron chi connectivity index (χ1n) is 19.2. The molecule has 0 unspecified atom stereocenters. The van der Waals surface area contributed by atoms with Crippen LogP contribution in [-0.2, 0) is 10.8 Å². The highest BCUT2D eigenvalue weighted by Crippen LogP contribution is 2.46. The Morgan fingerprint density at radius 1 is 0.370 bits per heavy atom. The predicted octanol–water partition coefficient (Wildman–Crippen LogP) is 14.4. The van der Waals surface area contributed by atoms with Gasteiger partial charge < -0.3 is 9.13 Å². The number of fused-ring (bicyclic) bond motifs is 10. The normalized spacial score (nSPS) is 12.6. The average Bonchev–Trinajstić information content (AvgIpc) is 3.69. The first-order valence-corrected chi connectivity index (χ1v) is 19.2. The summed E-state index contributed by atoms with van der Waals surface area (Å²) in [6, 6.07) is 58.8. The molecule has 54 heavy (non-hydrogen) atoms. The van der Waals surface area contributed by atoms with E-state index in [1.807, 2.05) is 0 Å². The van der Waals surface area contributed by atoms with Crippen molar-refractivity contribution in [3.8, 4) is 22.5 Å². The van der Waals surface area contributed by atoms with Gasteiger partial charge in [0.05, 0.1) is 22.1 Å². The van der Waals surface area contributed by atoms with E-state index in [-0.39, 0.29) is 10.8 Å². The Balaban J connectivity index is 1.34. The van der Waals surface area contributed by atoms with Crippen LogP contribution in [0.4, 0.5) is 0 Å². The third kappa shape index (κ3) is 4.86. The smallest absolute Gasteiger partial charge is 0.0619 e. The molecule has 2 aromatic heterocycles. The molecule has 0 amide bonds. The fraction of sp³-hybridized carbons (Fsp3) is 0.154. The van der Waals surface area contributed by atoms with Crippen molar-refractivity contribution in [3.05, 3.63) is 169 Å². The molecule has 10 rings (SSSR count). The van der Waals surface area contributed by atoms with Gasteiger partial charge in [0.2, 0.25) is 0 Å². The number of benzene rings is 8. The van der Waals surface area contributed by atoms with E-state index in [0.717, 1.165) is 0 Å². The quantitative estimate of drug-likeness (QED) is 0.174. The molecule has 10 aromatic rings. The van der Waals surface area contributed by atoms with Crippen molar-refractivity contribution in [1.29, 1.82) is 0 Å². The highest BCUT2D eigenvalue weighted by Gasteiger charge is 2.25. The summed E-state index contributed by atoms with van der Waals surface area (Å²) in [7, 11) is 0. The topological polar surface area (TPSA) is 9.86 Å². The van der Waals surface area contributed by atoms with Crippen molar-refractivity contribution in [1.82, 2.24) is 9.13 Å². The lowest BCUT2D eigenvalue weighted by Gasteiger charge is -2.22. The van der Waals surface area contributed by atoms with Crippen LogP contribution in [0.15, 0.2) is 158 Å². The van der Waals surface area contributed by atoms with E-state index in [1.165, 1.54) is 98.8 Å². The molecular formula is C52H44N2. The van der Waals surface area contributed by atoms with Crippen LogP contribution in [0.5, 0.6) is 0 Å². The minimum absolute atomic E-state index is 0.0223. The molecule has 0 radical (unpaired) electrons. The fourth-order valence-corrected chi connectivity index (χ4v) is 8.95. The number of rotatable bonds is 3. The van der Waals surface area contributed by atoms with Gasteiger partial charge in [0.15, 0.2) is 0 Å². The van der Waals surface area contributed by atoms with Crippen LogP contribution < -0.4 is 0 Å². The van der Waals surface area contributed by atoms with E-state index in [4.69, 9.17) is 0 Å². The van der Waals surface area contributed by atoms with E-state index in [2.05, 4.69) is 208 Å². The van der Waals surface area contributed by atoms with Crippen molar-refractivity contribution in [2.24, 2.45) is 0 Å². The van der Waals surface area contributed by atoms with E-state index >= 15 is 0 Å². The number of hydrogen-bond donors (Lipinski definition) is 0. The van der Waals surface area contributed by atoms with E-state index in [9.17, 15) is 0 Å². The minimum Gasteiger partial charge on any atom is -0.309 e. The maximum Gasteiger partial charge on any atom is 0.0619 e. The fourth-order valence-electron chi connectivity index (χ4n) is 8.95. The maximum absolute atomic E-state index is 2.48. The van der Waals surface area contributed by atoms with Gasteiger partial charge in [-0.15, -0.1) is 0 Å². The van der Waals surface area contributed by atoms with Gasteiger partial charge >= 0.3 is 0 Å². The van der Waals surface area contributed by atoms with Crippen LogP contribution in [0.25, 0.3) is 87.7 Å². The van der Waals surface area contributed by atoms with Gasteiger partial charge in [0, 0.05) is 38.3 Å². The second kappa shape index (κ2) is 11.7. The summed E-state index contributed by atoms with van der Waals surface area (Å²) >= 11 is 0. The Morgan fingerprint density at radius 3 is 1.61 bits per heavy atom. The molecule has 8 aromatic carbocycles. The van der Waals surface area contributed by atoms with Gasteiger partial charge in [-0.05, 0) is 110 Å². The van der Waals surface area contributed by atoms with E-state index in [1.54, 1.807) is 0 Å². The third-order valence-electron chi connectivity index (χ3n) is 11.6. The molecule has 0 aliphatic carbocycles. The van der Waals surface area contributed by atoms with Gasteiger partial charge in [-0.25, -0.2) is 0 Å². The highest BCUT2D eigenvalue weighted by atomic mass is 15.0. The van der Waals surface area contributed by atoms with Gasteiger partial charge in [-0.2, -0.15) is 0 Å². The first-order chi connectivity index (χ1) is 26.1. The van der Waals surface area contributed by atoms with Gasteiger partial charge in [0.25, 0.3) is 0 Å². The molecule has 0 atom stereocenters. The molecule has 0 saturated heterocycles. The van der Waals surface area contributed by atoms with Gasteiger partial charge in [0.1, 0.15) is 0 Å². The molecule has 0 bridgehead atoms. The summed E-state index contributed by atoms with van der Waals surface area (Å²) in [4.78, 5) is 0. The number of aromatic nitrogens is 2. The second-order valence-electron chi connectivity index (χ2n) is 17.0. The average molecular weight is 697 g/mol. The summed E-state index contributed by atoms with van der Waals surface area (Å²) in [5, 5.41) is 10.3. The molecule has 262 valence electrons. The molecule has 0 saturated carbocycles. The van der Waals surface area contributed by atoms with E-state index < -0.39 is 0 Å². The lowest BCUT2D eigenvalue weighted by molar-refractivity contribution is 0.591. The number of hydrogen-bond acceptors (Lipinski definition) is 0. The summed E-state index contributed by atoms with van der Waals surface area (Å²) in [6.45, 7) is 13.9. The van der Waals surface area contributed by atoms with Crippen LogP contribution in [-0.4, -0.2) is 9.13 Å². The maximum atomic E-state index is 2.48. The van der Waals surface area contributed by atoms with Crippen molar-refractivity contribution in [2.45, 2.75) is 52.4 Å². The van der Waals surface area contributed by atoms with Crippen molar-refractivity contribution >= 4 is 65.2 Å².